The molecule has 0 unspecified atom stereocenters. The highest BCUT2D eigenvalue weighted by Gasteiger charge is 2.52. The third-order valence-electron chi connectivity index (χ3n) is 5.45. The van der Waals surface area contributed by atoms with Gasteiger partial charge in [-0.2, -0.15) is 0 Å². The van der Waals surface area contributed by atoms with Gasteiger partial charge >= 0.3 is 0 Å². The maximum atomic E-state index is 12.7. The second kappa shape index (κ2) is 6.56. The van der Waals surface area contributed by atoms with E-state index in [1.54, 1.807) is 16.7 Å². The maximum Gasteiger partial charge on any atom is 0.248 e. The minimum absolute atomic E-state index is 0.0889. The third-order valence-corrected chi connectivity index (χ3v) is 6.96. The molecule has 2 heterocycles. The molecule has 25 heavy (non-hydrogen) atoms. The van der Waals surface area contributed by atoms with Crippen molar-refractivity contribution in [3.05, 3.63) is 24.3 Å². The number of nitrogens with one attached hydrogen (secondary N) is 1. The number of carbonyl (C=O) groups excluding carboxylic acids is 2. The maximum absolute atomic E-state index is 12.7. The molecule has 3 fully saturated rings. The summed E-state index contributed by atoms with van der Waals surface area (Å²) in [5, 5.41) is 2.97. The summed E-state index contributed by atoms with van der Waals surface area (Å²) >= 11 is 1.71. The quantitative estimate of drug-likeness (QED) is 0.894. The number of hydrogen-bond acceptors (Lipinski definition) is 4. The Morgan fingerprint density at radius 3 is 2.96 bits per heavy atom. The fourth-order valence-electron chi connectivity index (χ4n) is 4.09. The molecule has 2 atom stereocenters. The molecule has 2 amide bonds. The molecule has 0 aromatic heterocycles. The molecule has 1 saturated carbocycles. The fourth-order valence-corrected chi connectivity index (χ4v) is 5.52. The van der Waals surface area contributed by atoms with Crippen LogP contribution in [0.5, 0.6) is 5.75 Å². The van der Waals surface area contributed by atoms with Crippen LogP contribution in [-0.2, 0) is 9.59 Å². The molecule has 4 rings (SSSR count). The van der Waals surface area contributed by atoms with Gasteiger partial charge in [-0.05, 0) is 51.2 Å². The molecule has 5 nitrogen and oxygen atoms in total. The van der Waals surface area contributed by atoms with Gasteiger partial charge in [0.25, 0.3) is 0 Å². The van der Waals surface area contributed by atoms with E-state index in [0.717, 1.165) is 30.7 Å². The summed E-state index contributed by atoms with van der Waals surface area (Å²) in [6, 6.07) is 7.19. The van der Waals surface area contributed by atoms with E-state index in [4.69, 9.17) is 4.74 Å². The lowest BCUT2D eigenvalue weighted by atomic mass is 10.2. The fraction of sp³-hybridized carbons (Fsp3) is 0.579. The second-order valence-electron chi connectivity index (χ2n) is 7.31. The van der Waals surface area contributed by atoms with Crippen molar-refractivity contribution in [2.75, 3.05) is 11.1 Å². The highest BCUT2D eigenvalue weighted by molar-refractivity contribution is 8.01. The van der Waals surface area contributed by atoms with Crippen LogP contribution < -0.4 is 10.1 Å². The Labute approximate surface area is 152 Å². The first kappa shape index (κ1) is 16.8. The van der Waals surface area contributed by atoms with Crippen molar-refractivity contribution in [2.24, 2.45) is 0 Å². The summed E-state index contributed by atoms with van der Waals surface area (Å²) in [6.07, 6.45) is 6.31. The predicted molar refractivity (Wildman–Crippen MR) is 98.7 cm³/mol. The van der Waals surface area contributed by atoms with E-state index in [1.807, 2.05) is 24.3 Å². The van der Waals surface area contributed by atoms with Crippen LogP contribution in [0.4, 0.5) is 5.69 Å². The number of benzene rings is 1. The Bertz CT molecular complexity index is 689. The minimum Gasteiger partial charge on any atom is -0.490 e. The van der Waals surface area contributed by atoms with Crippen LogP contribution in [-0.4, -0.2) is 39.5 Å². The van der Waals surface area contributed by atoms with Crippen LogP contribution in [0.2, 0.25) is 0 Å². The zero-order valence-electron chi connectivity index (χ0n) is 14.5. The standard InChI is InChI=1S/C19H24N2O3S/c1-19-10-9-17(22)21(19)16(12-25-19)18(23)20-13-5-4-8-15(11-13)24-14-6-2-3-7-14/h4-5,8,11,14,16H,2-3,6-7,9-10,12H2,1H3,(H,20,23)/t16-,19-/m1/s1. The van der Waals surface area contributed by atoms with Crippen molar-refractivity contribution < 1.29 is 14.3 Å². The van der Waals surface area contributed by atoms with Crippen LogP contribution in [0.1, 0.15) is 45.4 Å². The van der Waals surface area contributed by atoms with Crippen molar-refractivity contribution in [3.63, 3.8) is 0 Å². The number of carbonyl (C=O) groups is 2. The molecular formula is C19H24N2O3S. The van der Waals surface area contributed by atoms with Crippen LogP contribution in [0.25, 0.3) is 0 Å². The number of amides is 2. The Balaban J connectivity index is 1.43. The van der Waals surface area contributed by atoms with Crippen LogP contribution in [0.3, 0.4) is 0 Å². The molecule has 6 heteroatoms. The Morgan fingerprint density at radius 1 is 1.36 bits per heavy atom. The van der Waals surface area contributed by atoms with Crippen molar-refractivity contribution >= 4 is 29.3 Å². The van der Waals surface area contributed by atoms with E-state index in [-0.39, 0.29) is 22.7 Å². The number of ether oxygens (including phenoxy) is 1. The molecule has 0 radical (unpaired) electrons. The molecule has 3 aliphatic rings. The zero-order chi connectivity index (χ0) is 17.4. The van der Waals surface area contributed by atoms with Gasteiger partial charge in [-0.1, -0.05) is 6.07 Å². The molecular weight excluding hydrogens is 336 g/mol. The van der Waals surface area contributed by atoms with Gasteiger partial charge in [0.15, 0.2) is 0 Å². The van der Waals surface area contributed by atoms with Crippen molar-refractivity contribution in [3.8, 4) is 5.75 Å². The van der Waals surface area contributed by atoms with Gasteiger partial charge in [-0.15, -0.1) is 11.8 Å². The summed E-state index contributed by atoms with van der Waals surface area (Å²) in [4.78, 5) is 26.5. The molecule has 0 spiro atoms. The van der Waals surface area contributed by atoms with E-state index >= 15 is 0 Å². The Hall–Kier alpha value is -1.69. The highest BCUT2D eigenvalue weighted by atomic mass is 32.2. The summed E-state index contributed by atoms with van der Waals surface area (Å²) in [6.45, 7) is 2.06. The molecule has 2 saturated heterocycles. The number of nitrogens with zero attached hydrogens (tertiary/aromatic N) is 1. The van der Waals surface area contributed by atoms with Gasteiger partial charge < -0.3 is 15.0 Å². The monoisotopic (exact) mass is 360 g/mol. The Morgan fingerprint density at radius 2 is 2.16 bits per heavy atom. The summed E-state index contributed by atoms with van der Waals surface area (Å²) in [5.41, 5.74) is 0.728. The molecule has 134 valence electrons. The lowest BCUT2D eigenvalue weighted by Gasteiger charge is -2.29. The summed E-state index contributed by atoms with van der Waals surface area (Å²) < 4.78 is 6.01. The van der Waals surface area contributed by atoms with Crippen LogP contribution in [0, 0.1) is 0 Å². The number of anilines is 1. The van der Waals surface area contributed by atoms with Crippen LogP contribution >= 0.6 is 11.8 Å². The zero-order valence-corrected chi connectivity index (χ0v) is 15.3. The highest BCUT2D eigenvalue weighted by Crippen LogP contribution is 2.47. The van der Waals surface area contributed by atoms with Crippen molar-refractivity contribution in [2.45, 2.75) is 62.5 Å². The second-order valence-corrected chi connectivity index (χ2v) is 8.81. The summed E-state index contributed by atoms with van der Waals surface area (Å²) in [7, 11) is 0. The van der Waals surface area contributed by atoms with Gasteiger partial charge in [0.2, 0.25) is 11.8 Å². The number of fused-ring (bicyclic) bond motifs is 1. The van der Waals surface area contributed by atoms with E-state index in [2.05, 4.69) is 12.2 Å². The topological polar surface area (TPSA) is 58.6 Å². The predicted octanol–water partition coefficient (Wildman–Crippen LogP) is 3.40. The molecule has 1 aromatic carbocycles. The lowest BCUT2D eigenvalue weighted by Crippen LogP contribution is -2.48. The van der Waals surface area contributed by atoms with Crippen LogP contribution in [0.15, 0.2) is 24.3 Å². The largest absolute Gasteiger partial charge is 0.490 e. The molecule has 2 aliphatic heterocycles. The average molecular weight is 360 g/mol. The van der Waals surface area contributed by atoms with E-state index in [9.17, 15) is 9.59 Å². The smallest absolute Gasteiger partial charge is 0.248 e. The van der Waals surface area contributed by atoms with E-state index in [0.29, 0.717) is 18.3 Å². The third kappa shape index (κ3) is 3.24. The number of thioether (sulfide) groups is 1. The molecule has 1 aliphatic carbocycles. The van der Waals surface area contributed by atoms with Gasteiger partial charge in [0.05, 0.1) is 11.0 Å². The normalized spacial score (nSPS) is 29.1. The molecule has 0 bridgehead atoms. The summed E-state index contributed by atoms with van der Waals surface area (Å²) in [5.74, 6) is 1.44. The first-order chi connectivity index (χ1) is 12.0. The van der Waals surface area contributed by atoms with Gasteiger partial charge in [-0.25, -0.2) is 0 Å². The van der Waals surface area contributed by atoms with E-state index in [1.165, 1.54) is 12.8 Å². The first-order valence-corrected chi connectivity index (χ1v) is 10.1. The minimum atomic E-state index is -0.385. The number of rotatable bonds is 4. The molecule has 1 aromatic rings. The van der Waals surface area contributed by atoms with Gasteiger partial charge in [0, 0.05) is 23.9 Å². The van der Waals surface area contributed by atoms with E-state index < -0.39 is 0 Å². The average Bonchev–Trinajstić information content (AvgIpc) is 3.27. The first-order valence-electron chi connectivity index (χ1n) is 9.09. The molecule has 1 N–H and O–H groups in total. The van der Waals surface area contributed by atoms with Crippen molar-refractivity contribution in [1.82, 2.24) is 4.90 Å². The SMILES string of the molecule is C[C@@]12CCC(=O)N1[C@@H](C(=O)Nc1cccc(OC3CCCC3)c1)CS2. The Kier molecular flexibility index (Phi) is 4.40. The van der Waals surface area contributed by atoms with Gasteiger partial charge in [0.1, 0.15) is 11.8 Å². The van der Waals surface area contributed by atoms with Crippen molar-refractivity contribution in [1.29, 1.82) is 0 Å². The lowest BCUT2D eigenvalue weighted by molar-refractivity contribution is -0.135. The van der Waals surface area contributed by atoms with Gasteiger partial charge in [-0.3, -0.25) is 9.59 Å². The number of hydrogen-bond donors (Lipinski definition) is 1.